The minimum Gasteiger partial charge on any atom is -0.392 e. The summed E-state index contributed by atoms with van der Waals surface area (Å²) >= 11 is 3.30. The van der Waals surface area contributed by atoms with E-state index in [4.69, 9.17) is 5.11 Å². The van der Waals surface area contributed by atoms with Gasteiger partial charge in [-0.05, 0) is 28.4 Å². The molecule has 0 fully saturated rings. The van der Waals surface area contributed by atoms with Gasteiger partial charge in [0.05, 0.1) is 6.61 Å². The third kappa shape index (κ3) is 2.97. The molecule has 0 aliphatic carbocycles. The van der Waals surface area contributed by atoms with E-state index in [0.29, 0.717) is 0 Å². The van der Waals surface area contributed by atoms with Gasteiger partial charge in [0.15, 0.2) is 0 Å². The summed E-state index contributed by atoms with van der Waals surface area (Å²) in [6, 6.07) is 1.87. The van der Waals surface area contributed by atoms with Gasteiger partial charge in [0.2, 0.25) is 0 Å². The number of anilines is 1. The second-order valence-corrected chi connectivity index (χ2v) is 3.66. The summed E-state index contributed by atoms with van der Waals surface area (Å²) in [5, 5.41) is 12.2. The first kappa shape index (κ1) is 10.5. The molecule has 0 aliphatic rings. The number of pyridine rings is 1. The molecule has 1 aromatic heterocycles. The summed E-state index contributed by atoms with van der Waals surface area (Å²) in [6.45, 7) is 2.98. The van der Waals surface area contributed by atoms with E-state index in [-0.39, 0.29) is 6.61 Å². The molecule has 3 nitrogen and oxygen atoms in total. The van der Waals surface area contributed by atoms with Gasteiger partial charge >= 0.3 is 0 Å². The van der Waals surface area contributed by atoms with Crippen LogP contribution in [0.15, 0.2) is 16.7 Å². The molecule has 0 amide bonds. The van der Waals surface area contributed by atoms with E-state index in [1.54, 1.807) is 6.20 Å². The van der Waals surface area contributed by atoms with Crippen LogP contribution in [0.2, 0.25) is 0 Å². The van der Waals surface area contributed by atoms with Crippen molar-refractivity contribution in [3.05, 3.63) is 22.3 Å². The molecule has 0 bridgehead atoms. The van der Waals surface area contributed by atoms with E-state index in [9.17, 15) is 0 Å². The normalized spacial score (nSPS) is 10.1. The summed E-state index contributed by atoms with van der Waals surface area (Å²) in [7, 11) is 0. The topological polar surface area (TPSA) is 45.2 Å². The van der Waals surface area contributed by atoms with Gasteiger partial charge in [0, 0.05) is 22.8 Å². The number of nitrogens with one attached hydrogen (secondary N) is 1. The Balaban J connectivity index is 2.79. The molecule has 1 heterocycles. The highest BCUT2D eigenvalue weighted by Crippen LogP contribution is 2.17. The number of aliphatic hydroxyl groups excluding tert-OH is 1. The Hall–Kier alpha value is -0.610. The molecule has 13 heavy (non-hydrogen) atoms. The van der Waals surface area contributed by atoms with Crippen molar-refractivity contribution in [1.29, 1.82) is 0 Å². The summed E-state index contributed by atoms with van der Waals surface area (Å²) in [4.78, 5) is 4.17. The summed E-state index contributed by atoms with van der Waals surface area (Å²) in [5.41, 5.74) is 0.822. The predicted octanol–water partition coefficient (Wildman–Crippen LogP) is 2.16. The maximum Gasteiger partial charge on any atom is 0.131 e. The largest absolute Gasteiger partial charge is 0.392 e. The quantitative estimate of drug-likeness (QED) is 0.854. The second kappa shape index (κ2) is 5.19. The number of rotatable bonds is 4. The molecule has 0 spiro atoms. The van der Waals surface area contributed by atoms with Crippen LogP contribution < -0.4 is 5.32 Å². The summed E-state index contributed by atoms with van der Waals surface area (Å²) in [6.07, 6.45) is 2.76. The Bertz CT molecular complexity index is 278. The average molecular weight is 245 g/mol. The molecule has 0 saturated carbocycles. The smallest absolute Gasteiger partial charge is 0.131 e. The van der Waals surface area contributed by atoms with Gasteiger partial charge in [0.25, 0.3) is 0 Å². The summed E-state index contributed by atoms with van der Waals surface area (Å²) in [5.74, 6) is 0.771. The standard InChI is InChI=1S/C9H13BrN2O/c1-2-3-11-9-7(6-13)4-8(10)5-12-9/h4-5,13H,2-3,6H2,1H3,(H,11,12). The van der Waals surface area contributed by atoms with Gasteiger partial charge < -0.3 is 10.4 Å². The minimum atomic E-state index is 0.0124. The van der Waals surface area contributed by atoms with E-state index < -0.39 is 0 Å². The summed E-state index contributed by atoms with van der Waals surface area (Å²) < 4.78 is 0.888. The maximum atomic E-state index is 9.04. The molecule has 2 N–H and O–H groups in total. The van der Waals surface area contributed by atoms with E-state index in [1.165, 1.54) is 0 Å². The lowest BCUT2D eigenvalue weighted by Crippen LogP contribution is -2.05. The molecule has 72 valence electrons. The SMILES string of the molecule is CCCNc1ncc(Br)cc1CO. The third-order valence-corrected chi connectivity index (χ3v) is 2.08. The Kier molecular flexibility index (Phi) is 4.18. The highest BCUT2D eigenvalue weighted by molar-refractivity contribution is 9.10. The first-order valence-electron chi connectivity index (χ1n) is 4.27. The van der Waals surface area contributed by atoms with E-state index in [2.05, 4.69) is 33.2 Å². The van der Waals surface area contributed by atoms with Crippen LogP contribution in [0.1, 0.15) is 18.9 Å². The van der Waals surface area contributed by atoms with Crippen molar-refractivity contribution >= 4 is 21.7 Å². The van der Waals surface area contributed by atoms with E-state index in [1.807, 2.05) is 6.07 Å². The Morgan fingerprint density at radius 2 is 2.38 bits per heavy atom. The number of hydrogen-bond donors (Lipinski definition) is 2. The van der Waals surface area contributed by atoms with Gasteiger partial charge in [-0.15, -0.1) is 0 Å². The molecule has 0 unspecified atom stereocenters. The lowest BCUT2D eigenvalue weighted by molar-refractivity contribution is 0.282. The van der Waals surface area contributed by atoms with Gasteiger partial charge in [-0.3, -0.25) is 0 Å². The molecular formula is C9H13BrN2O. The fourth-order valence-corrected chi connectivity index (χ4v) is 1.38. The fraction of sp³-hybridized carbons (Fsp3) is 0.444. The van der Waals surface area contributed by atoms with Crippen LogP contribution in [0.3, 0.4) is 0 Å². The van der Waals surface area contributed by atoms with Crippen LogP contribution in [0, 0.1) is 0 Å². The van der Waals surface area contributed by atoms with Crippen LogP contribution in [0.5, 0.6) is 0 Å². The van der Waals surface area contributed by atoms with Crippen LogP contribution in [0.25, 0.3) is 0 Å². The molecular weight excluding hydrogens is 232 g/mol. The molecule has 4 heteroatoms. The monoisotopic (exact) mass is 244 g/mol. The van der Waals surface area contributed by atoms with Gasteiger partial charge in [-0.2, -0.15) is 0 Å². The second-order valence-electron chi connectivity index (χ2n) is 2.75. The molecule has 0 atom stereocenters. The Morgan fingerprint density at radius 3 is 3.00 bits per heavy atom. The Labute approximate surface area is 86.3 Å². The maximum absolute atomic E-state index is 9.04. The van der Waals surface area contributed by atoms with Gasteiger partial charge in [0.1, 0.15) is 5.82 Å². The van der Waals surface area contributed by atoms with Crippen LogP contribution in [-0.4, -0.2) is 16.6 Å². The lowest BCUT2D eigenvalue weighted by atomic mass is 10.2. The highest BCUT2D eigenvalue weighted by atomic mass is 79.9. The molecule has 1 rings (SSSR count). The number of aromatic nitrogens is 1. The fourth-order valence-electron chi connectivity index (χ4n) is 1.00. The van der Waals surface area contributed by atoms with Crippen molar-refractivity contribution in [2.24, 2.45) is 0 Å². The Morgan fingerprint density at radius 1 is 1.62 bits per heavy atom. The van der Waals surface area contributed by atoms with Crippen LogP contribution in [0.4, 0.5) is 5.82 Å². The molecule has 0 aromatic carbocycles. The van der Waals surface area contributed by atoms with Crippen molar-refractivity contribution in [3.8, 4) is 0 Å². The highest BCUT2D eigenvalue weighted by Gasteiger charge is 2.02. The number of aliphatic hydroxyl groups is 1. The molecule has 0 saturated heterocycles. The van der Waals surface area contributed by atoms with Crippen molar-refractivity contribution in [2.75, 3.05) is 11.9 Å². The van der Waals surface area contributed by atoms with Crippen LogP contribution >= 0.6 is 15.9 Å². The molecule has 1 aromatic rings. The van der Waals surface area contributed by atoms with E-state index in [0.717, 1.165) is 28.8 Å². The number of nitrogens with zero attached hydrogens (tertiary/aromatic N) is 1. The zero-order valence-electron chi connectivity index (χ0n) is 7.55. The lowest BCUT2D eigenvalue weighted by Gasteiger charge is -2.08. The van der Waals surface area contributed by atoms with Crippen molar-refractivity contribution < 1.29 is 5.11 Å². The van der Waals surface area contributed by atoms with Crippen LogP contribution in [-0.2, 0) is 6.61 Å². The van der Waals surface area contributed by atoms with E-state index >= 15 is 0 Å². The molecule has 0 aliphatic heterocycles. The molecule has 0 radical (unpaired) electrons. The zero-order valence-corrected chi connectivity index (χ0v) is 9.13. The first-order valence-corrected chi connectivity index (χ1v) is 5.06. The van der Waals surface area contributed by atoms with Crippen molar-refractivity contribution in [3.63, 3.8) is 0 Å². The first-order chi connectivity index (χ1) is 6.27. The third-order valence-electron chi connectivity index (χ3n) is 1.65. The predicted molar refractivity (Wildman–Crippen MR) is 56.6 cm³/mol. The van der Waals surface area contributed by atoms with Gasteiger partial charge in [-0.25, -0.2) is 4.98 Å². The minimum absolute atomic E-state index is 0.0124. The number of hydrogen-bond acceptors (Lipinski definition) is 3. The zero-order chi connectivity index (χ0) is 9.68. The average Bonchev–Trinajstić information content (AvgIpc) is 2.16. The number of halogens is 1. The van der Waals surface area contributed by atoms with Crippen molar-refractivity contribution in [1.82, 2.24) is 4.98 Å². The van der Waals surface area contributed by atoms with Crippen molar-refractivity contribution in [2.45, 2.75) is 20.0 Å². The van der Waals surface area contributed by atoms with Gasteiger partial charge in [-0.1, -0.05) is 6.92 Å².